The highest BCUT2D eigenvalue weighted by atomic mass is 35.5. The minimum atomic E-state index is -4.44. The fourth-order valence-corrected chi connectivity index (χ4v) is 1.52. The van der Waals surface area contributed by atoms with E-state index in [1.165, 1.54) is 0 Å². The molecular weight excluding hydrogens is 269 g/mol. The highest BCUT2D eigenvalue weighted by molar-refractivity contribution is 6.32. The van der Waals surface area contributed by atoms with Gasteiger partial charge in [-0.3, -0.25) is 5.10 Å². The van der Waals surface area contributed by atoms with E-state index in [4.69, 9.17) is 11.6 Å². The molecule has 2 aromatic heterocycles. The zero-order chi connectivity index (χ0) is 13.2. The molecule has 18 heavy (non-hydrogen) atoms. The van der Waals surface area contributed by atoms with Crippen LogP contribution in [0.2, 0.25) is 5.02 Å². The van der Waals surface area contributed by atoms with Gasteiger partial charge in [0.25, 0.3) is 0 Å². The molecule has 0 fully saturated rings. The molecule has 0 saturated carbocycles. The van der Waals surface area contributed by atoms with E-state index in [0.717, 1.165) is 17.8 Å². The topological polar surface area (TPSA) is 53.6 Å². The Balaban J connectivity index is 2.10. The number of aromatic nitrogens is 3. The van der Waals surface area contributed by atoms with Crippen molar-refractivity contribution in [2.45, 2.75) is 12.7 Å². The molecule has 2 heterocycles. The predicted octanol–water partition coefficient (Wildman–Crippen LogP) is 3.09. The second kappa shape index (κ2) is 4.85. The van der Waals surface area contributed by atoms with Gasteiger partial charge in [0.05, 0.1) is 16.8 Å². The summed E-state index contributed by atoms with van der Waals surface area (Å²) in [5, 5.41) is 9.10. The van der Waals surface area contributed by atoms with Crippen LogP contribution in [0.1, 0.15) is 11.1 Å². The summed E-state index contributed by atoms with van der Waals surface area (Å²) in [5.74, 6) is 0.200. The molecule has 2 N–H and O–H groups in total. The van der Waals surface area contributed by atoms with Crippen molar-refractivity contribution < 1.29 is 13.2 Å². The van der Waals surface area contributed by atoms with Gasteiger partial charge in [0, 0.05) is 24.5 Å². The van der Waals surface area contributed by atoms with E-state index in [1.807, 2.05) is 0 Å². The maximum atomic E-state index is 12.4. The molecule has 0 unspecified atom stereocenters. The number of anilines is 1. The summed E-state index contributed by atoms with van der Waals surface area (Å²) in [4.78, 5) is 3.65. The van der Waals surface area contributed by atoms with Gasteiger partial charge >= 0.3 is 6.18 Å². The van der Waals surface area contributed by atoms with E-state index in [0.29, 0.717) is 6.54 Å². The van der Waals surface area contributed by atoms with Gasteiger partial charge in [-0.2, -0.15) is 18.3 Å². The Hall–Kier alpha value is -1.76. The van der Waals surface area contributed by atoms with Gasteiger partial charge in [0.15, 0.2) is 0 Å². The lowest BCUT2D eigenvalue weighted by Gasteiger charge is -2.10. The zero-order valence-electron chi connectivity index (χ0n) is 8.92. The van der Waals surface area contributed by atoms with Crippen molar-refractivity contribution in [3.8, 4) is 0 Å². The highest BCUT2D eigenvalue weighted by Gasteiger charge is 2.31. The first-order chi connectivity index (χ1) is 8.47. The van der Waals surface area contributed by atoms with Crippen molar-refractivity contribution >= 4 is 17.4 Å². The second-order valence-corrected chi connectivity index (χ2v) is 3.92. The number of nitrogens with zero attached hydrogens (tertiary/aromatic N) is 2. The van der Waals surface area contributed by atoms with Gasteiger partial charge in [0.1, 0.15) is 5.82 Å². The van der Waals surface area contributed by atoms with Crippen molar-refractivity contribution in [2.24, 2.45) is 0 Å². The average molecular weight is 277 g/mol. The van der Waals surface area contributed by atoms with E-state index < -0.39 is 11.7 Å². The minimum Gasteiger partial charge on any atom is -0.365 e. The van der Waals surface area contributed by atoms with E-state index in [-0.39, 0.29) is 10.8 Å². The maximum Gasteiger partial charge on any atom is 0.417 e. The Morgan fingerprint density at radius 1 is 1.33 bits per heavy atom. The van der Waals surface area contributed by atoms with Crippen LogP contribution >= 0.6 is 11.6 Å². The molecular formula is C10H8ClF3N4. The van der Waals surface area contributed by atoms with Crippen LogP contribution in [0.4, 0.5) is 19.0 Å². The molecule has 2 rings (SSSR count). The van der Waals surface area contributed by atoms with Crippen molar-refractivity contribution in [3.63, 3.8) is 0 Å². The van der Waals surface area contributed by atoms with E-state index in [2.05, 4.69) is 20.5 Å². The zero-order valence-corrected chi connectivity index (χ0v) is 9.68. The lowest BCUT2D eigenvalue weighted by atomic mass is 10.2. The van der Waals surface area contributed by atoms with Gasteiger partial charge in [-0.05, 0) is 6.07 Å². The van der Waals surface area contributed by atoms with E-state index in [1.54, 1.807) is 12.4 Å². The number of pyridine rings is 1. The molecule has 0 atom stereocenters. The Bertz CT molecular complexity index is 524. The standard InChI is InChI=1S/C10H8ClF3N4/c11-8-1-7(10(12,13)14)5-16-9(8)15-2-6-3-17-18-4-6/h1,3-5H,2H2,(H,15,16)(H,17,18). The summed E-state index contributed by atoms with van der Waals surface area (Å²) in [7, 11) is 0. The Labute approximate surface area is 105 Å². The quantitative estimate of drug-likeness (QED) is 0.906. The molecule has 0 bridgehead atoms. The molecule has 2 aromatic rings. The molecule has 0 aliphatic carbocycles. The highest BCUT2D eigenvalue weighted by Crippen LogP contribution is 2.32. The fraction of sp³-hybridized carbons (Fsp3) is 0.200. The summed E-state index contributed by atoms with van der Waals surface area (Å²) in [5.41, 5.74) is -0.0332. The number of H-pyrrole nitrogens is 1. The number of aromatic amines is 1. The van der Waals surface area contributed by atoms with Crippen molar-refractivity contribution in [3.05, 3.63) is 40.8 Å². The summed E-state index contributed by atoms with van der Waals surface area (Å²) >= 11 is 5.73. The van der Waals surface area contributed by atoms with Crippen LogP contribution in [0, 0.1) is 0 Å². The third-order valence-electron chi connectivity index (χ3n) is 2.18. The third kappa shape index (κ3) is 2.92. The normalized spacial score (nSPS) is 11.6. The van der Waals surface area contributed by atoms with E-state index >= 15 is 0 Å². The van der Waals surface area contributed by atoms with Crippen LogP contribution < -0.4 is 5.32 Å². The van der Waals surface area contributed by atoms with Gasteiger partial charge in [0.2, 0.25) is 0 Å². The number of halogens is 4. The average Bonchev–Trinajstić information content (AvgIpc) is 2.79. The lowest BCUT2D eigenvalue weighted by Crippen LogP contribution is -2.07. The SMILES string of the molecule is FC(F)(F)c1cnc(NCc2cn[nH]c2)c(Cl)c1. The van der Waals surface area contributed by atoms with Crippen LogP contribution in [0.5, 0.6) is 0 Å². The number of hydrogen-bond donors (Lipinski definition) is 2. The molecule has 96 valence electrons. The molecule has 0 radical (unpaired) electrons. The smallest absolute Gasteiger partial charge is 0.365 e. The monoisotopic (exact) mass is 276 g/mol. The first-order valence-electron chi connectivity index (χ1n) is 4.91. The minimum absolute atomic E-state index is 0.0756. The Morgan fingerprint density at radius 3 is 2.67 bits per heavy atom. The van der Waals surface area contributed by atoms with Crippen LogP contribution in [-0.2, 0) is 12.7 Å². The summed E-state index contributed by atoms with van der Waals surface area (Å²) in [6.45, 7) is 0.370. The summed E-state index contributed by atoms with van der Waals surface area (Å²) in [6, 6.07) is 0.840. The second-order valence-electron chi connectivity index (χ2n) is 3.51. The van der Waals surface area contributed by atoms with Crippen LogP contribution in [0.3, 0.4) is 0 Å². The van der Waals surface area contributed by atoms with Crippen molar-refractivity contribution in [1.29, 1.82) is 0 Å². The van der Waals surface area contributed by atoms with Crippen LogP contribution in [0.25, 0.3) is 0 Å². The van der Waals surface area contributed by atoms with Gasteiger partial charge in [-0.25, -0.2) is 4.98 Å². The lowest BCUT2D eigenvalue weighted by molar-refractivity contribution is -0.137. The first-order valence-corrected chi connectivity index (χ1v) is 5.29. The van der Waals surface area contributed by atoms with Gasteiger partial charge in [-0.1, -0.05) is 11.6 Å². The molecule has 0 aliphatic heterocycles. The molecule has 8 heteroatoms. The van der Waals surface area contributed by atoms with Crippen molar-refractivity contribution in [1.82, 2.24) is 15.2 Å². The molecule has 0 amide bonds. The Kier molecular flexibility index (Phi) is 3.42. The van der Waals surface area contributed by atoms with E-state index in [9.17, 15) is 13.2 Å². The number of nitrogens with one attached hydrogen (secondary N) is 2. The number of rotatable bonds is 3. The largest absolute Gasteiger partial charge is 0.417 e. The molecule has 4 nitrogen and oxygen atoms in total. The predicted molar refractivity (Wildman–Crippen MR) is 60.2 cm³/mol. The third-order valence-corrected chi connectivity index (χ3v) is 2.47. The molecule has 0 spiro atoms. The molecule has 0 saturated heterocycles. The van der Waals surface area contributed by atoms with Gasteiger partial charge < -0.3 is 5.32 Å². The van der Waals surface area contributed by atoms with Crippen LogP contribution in [0.15, 0.2) is 24.7 Å². The first kappa shape index (κ1) is 12.7. The maximum absolute atomic E-state index is 12.4. The number of alkyl halides is 3. The Morgan fingerprint density at radius 2 is 2.11 bits per heavy atom. The van der Waals surface area contributed by atoms with Gasteiger partial charge in [-0.15, -0.1) is 0 Å². The number of hydrogen-bond acceptors (Lipinski definition) is 3. The molecule has 0 aliphatic rings. The van der Waals surface area contributed by atoms with Crippen LogP contribution in [-0.4, -0.2) is 15.2 Å². The summed E-state index contributed by atoms with van der Waals surface area (Å²) in [6.07, 6.45) is -0.459. The fourth-order valence-electron chi connectivity index (χ4n) is 1.28. The van der Waals surface area contributed by atoms with Crippen molar-refractivity contribution in [2.75, 3.05) is 5.32 Å². The molecule has 0 aromatic carbocycles. The summed E-state index contributed by atoms with van der Waals surface area (Å²) < 4.78 is 37.1.